The Morgan fingerprint density at radius 1 is 0.495 bits per heavy atom. The van der Waals surface area contributed by atoms with E-state index in [0.29, 0.717) is 92.4 Å². The summed E-state index contributed by atoms with van der Waals surface area (Å²) in [4.78, 5) is 26.5. The number of aryl methyl sites for hydroxylation is 3. The molecule has 3 aliphatic rings. The third kappa shape index (κ3) is 17.2. The predicted molar refractivity (Wildman–Crippen MR) is 378 cm³/mol. The maximum absolute atomic E-state index is 11.6. The number of nitrogen functional groups attached to an aromatic ring is 3. The highest BCUT2D eigenvalue weighted by Crippen LogP contribution is 2.46. The number of H-pyrrole nitrogens is 1. The van der Waals surface area contributed by atoms with E-state index in [-0.39, 0.29) is 30.2 Å². The number of benzene rings is 3. The van der Waals surface area contributed by atoms with Gasteiger partial charge in [-0.3, -0.25) is 19.1 Å². The number of hydrogen-bond donors (Lipinski definition) is 7. The van der Waals surface area contributed by atoms with Crippen molar-refractivity contribution in [3.63, 3.8) is 0 Å². The molecule has 12 rings (SSSR count). The number of halogens is 3. The van der Waals surface area contributed by atoms with Crippen molar-refractivity contribution in [3.05, 3.63) is 158 Å². The molecule has 6 atom stereocenters. The average molecular weight is 1430 g/mol. The fourth-order valence-corrected chi connectivity index (χ4v) is 16.3. The van der Waals surface area contributed by atoms with Crippen LogP contribution in [-0.2, 0) is 44.4 Å². The maximum Gasteiger partial charge on any atom is 0.264 e. The first kappa shape index (κ1) is 71.4. The van der Waals surface area contributed by atoms with Crippen LogP contribution in [0.15, 0.2) is 92.2 Å². The Labute approximate surface area is 567 Å². The Morgan fingerprint density at radius 2 is 0.853 bits per heavy atom. The molecule has 3 saturated carbocycles. The first-order valence-electron chi connectivity index (χ1n) is 29.7. The molecule has 0 radical (unpaired) electrons. The summed E-state index contributed by atoms with van der Waals surface area (Å²) >= 11 is 19.2. The zero-order valence-corrected chi connectivity index (χ0v) is 58.3. The molecule has 0 unspecified atom stereocenters. The van der Waals surface area contributed by atoms with Gasteiger partial charge in [0.2, 0.25) is 30.1 Å². The Morgan fingerprint density at radius 3 is 1.23 bits per heavy atom. The van der Waals surface area contributed by atoms with E-state index in [0.717, 1.165) is 110 Å². The van der Waals surface area contributed by atoms with Crippen LogP contribution in [-0.4, -0.2) is 112 Å². The molecular weight excluding hydrogens is 1360 g/mol. The summed E-state index contributed by atoms with van der Waals surface area (Å²) in [6, 6.07) is 11.5. The molecule has 500 valence electrons. The van der Waals surface area contributed by atoms with Crippen LogP contribution in [0.3, 0.4) is 0 Å². The molecule has 9 aromatic rings. The fraction of sp³-hybridized carbons (Fsp3) is 0.344. The number of hydrogen-bond acceptors (Lipinski definition) is 15. The lowest BCUT2D eigenvalue weighted by molar-refractivity contribution is 0.217. The molecule has 0 bridgehead atoms. The normalized spacial score (nSPS) is 18.9. The van der Waals surface area contributed by atoms with E-state index in [2.05, 4.69) is 57.8 Å². The molecule has 6 aromatic heterocycles. The lowest BCUT2D eigenvalue weighted by atomic mass is 10.0. The highest BCUT2D eigenvalue weighted by atomic mass is 35.5. The van der Waals surface area contributed by atoms with E-state index >= 15 is 0 Å². The number of sulfonamides is 3. The number of nitrogens with zero attached hydrogens (tertiary/aromatic N) is 8. The zero-order chi connectivity index (χ0) is 69.2. The summed E-state index contributed by atoms with van der Waals surface area (Å²) in [7, 11) is -13.2. The van der Waals surface area contributed by atoms with Gasteiger partial charge in [0.05, 0.1) is 102 Å². The van der Waals surface area contributed by atoms with Crippen molar-refractivity contribution < 1.29 is 37.9 Å². The molecular formula is C64H70Cl3N15O9S4. The van der Waals surface area contributed by atoms with Crippen LogP contribution in [0.1, 0.15) is 86.6 Å². The van der Waals surface area contributed by atoms with Gasteiger partial charge in [0.25, 0.3) is 10.1 Å². The molecule has 3 aromatic carbocycles. The van der Waals surface area contributed by atoms with Gasteiger partial charge in [0.1, 0.15) is 0 Å². The fourth-order valence-electron chi connectivity index (χ4n) is 12.5. The minimum absolute atomic E-state index is 0.0906. The number of nitrogens with two attached hydrogens (primary N) is 3. The van der Waals surface area contributed by atoms with Crippen molar-refractivity contribution in [3.8, 4) is 33.4 Å². The van der Waals surface area contributed by atoms with E-state index in [1.54, 1.807) is 18.6 Å². The minimum Gasteiger partial charge on any atom is -0.396 e. The second kappa shape index (κ2) is 28.8. The largest absolute Gasteiger partial charge is 0.396 e. The van der Waals surface area contributed by atoms with Crippen LogP contribution >= 0.6 is 34.8 Å². The van der Waals surface area contributed by atoms with Crippen LogP contribution < -0.4 is 31.4 Å². The zero-order valence-electron chi connectivity index (χ0n) is 52.7. The van der Waals surface area contributed by atoms with E-state index in [1.165, 1.54) is 31.1 Å². The first-order valence-corrected chi connectivity index (χ1v) is 38.3. The van der Waals surface area contributed by atoms with Crippen LogP contribution in [0, 0.1) is 40.5 Å². The monoisotopic (exact) mass is 1430 g/mol. The van der Waals surface area contributed by atoms with Crippen LogP contribution in [0.2, 0.25) is 15.1 Å². The molecule has 95 heavy (non-hydrogen) atoms. The number of aromatic amines is 1. The molecule has 0 saturated heterocycles. The smallest absolute Gasteiger partial charge is 0.264 e. The van der Waals surface area contributed by atoms with Crippen molar-refractivity contribution in [2.24, 2.45) is 0 Å². The Hall–Kier alpha value is -7.89. The SMILES string of the molecule is CS(=O)(=O)N[C@@H]1CC[C@@H](OS(C)(=O)=O)C1.[C-]#[N+]c1cc2c(-c3cncc(N)c3Cl)c[nH]c2cc1C.[C-]#[N+]c1cc2c(-c3cncc(N)c3Cl)cn([C@@H]3CC[C@@H](NS(C)(=O)=O)C3)c2cc1C.[C-]#[N+]c1cc2c(-c3cncc(N)c3Cl)cn([C@@H]3CC[C@H](NS(C)(=O)=O)C3)c2cc1C. The van der Waals surface area contributed by atoms with E-state index in [1.807, 2.05) is 75.8 Å². The molecule has 6 heterocycles. The van der Waals surface area contributed by atoms with E-state index in [4.69, 9.17) is 75.9 Å². The van der Waals surface area contributed by atoms with Gasteiger partial charge in [-0.1, -0.05) is 34.8 Å². The second-order valence-corrected chi connectivity index (χ2v) is 32.2. The summed E-state index contributed by atoms with van der Waals surface area (Å²) in [5, 5.41) is 4.08. The number of anilines is 3. The van der Waals surface area contributed by atoms with E-state index < -0.39 is 46.3 Å². The summed E-state index contributed by atoms with van der Waals surface area (Å²) < 4.78 is 107. The topological polar surface area (TPSA) is 337 Å². The van der Waals surface area contributed by atoms with Crippen molar-refractivity contribution in [2.45, 2.75) is 115 Å². The van der Waals surface area contributed by atoms with Gasteiger partial charge < -0.3 is 31.3 Å². The third-order valence-corrected chi connectivity index (χ3v) is 20.9. The lowest BCUT2D eigenvalue weighted by Crippen LogP contribution is -2.32. The number of nitrogens with one attached hydrogen (secondary N) is 4. The van der Waals surface area contributed by atoms with E-state index in [9.17, 15) is 33.7 Å². The summed E-state index contributed by atoms with van der Waals surface area (Å²) in [5.41, 5.74) is 31.2. The van der Waals surface area contributed by atoms with Gasteiger partial charge in [-0.05, 0) is 148 Å². The predicted octanol–water partition coefficient (Wildman–Crippen LogP) is 12.6. The molecule has 3 fully saturated rings. The molecule has 0 amide bonds. The molecule has 0 spiro atoms. The van der Waals surface area contributed by atoms with Gasteiger partial charge in [-0.2, -0.15) is 8.42 Å². The summed E-state index contributed by atoms with van der Waals surface area (Å²) in [6.07, 6.45) is 25.7. The molecule has 24 nitrogen and oxygen atoms in total. The van der Waals surface area contributed by atoms with Gasteiger partial charge in [0, 0.05) is 117 Å². The van der Waals surface area contributed by atoms with Crippen molar-refractivity contribution in [2.75, 3.05) is 42.2 Å². The highest BCUT2D eigenvalue weighted by Gasteiger charge is 2.33. The highest BCUT2D eigenvalue weighted by molar-refractivity contribution is 7.89. The molecule has 31 heteroatoms. The van der Waals surface area contributed by atoms with Gasteiger partial charge in [0.15, 0.2) is 17.1 Å². The van der Waals surface area contributed by atoms with Crippen molar-refractivity contribution in [1.82, 2.24) is 43.2 Å². The Kier molecular flexibility index (Phi) is 21.7. The van der Waals surface area contributed by atoms with Crippen LogP contribution in [0.5, 0.6) is 0 Å². The first-order chi connectivity index (χ1) is 44.6. The number of pyridine rings is 3. The minimum atomic E-state index is -3.45. The Bertz CT molecular complexity index is 4840. The van der Waals surface area contributed by atoms with Gasteiger partial charge in [-0.25, -0.2) is 54.0 Å². The second-order valence-electron chi connectivity index (χ2n) is 24.1. The van der Waals surface area contributed by atoms with Crippen molar-refractivity contribution in [1.29, 1.82) is 0 Å². The summed E-state index contributed by atoms with van der Waals surface area (Å²) in [6.45, 7) is 28.0. The number of aromatic nitrogens is 6. The third-order valence-electron chi connectivity index (χ3n) is 16.7. The molecule has 0 aliphatic heterocycles. The quantitative estimate of drug-likeness (QED) is 0.0417. The Balaban J connectivity index is 0.000000154. The maximum atomic E-state index is 11.6. The van der Waals surface area contributed by atoms with Gasteiger partial charge in [-0.15, -0.1) is 0 Å². The van der Waals surface area contributed by atoms with Gasteiger partial charge >= 0.3 is 0 Å². The van der Waals surface area contributed by atoms with Crippen LogP contribution in [0.4, 0.5) is 34.1 Å². The van der Waals surface area contributed by atoms with Crippen LogP contribution in [0.25, 0.3) is 80.6 Å². The standard InChI is InChI=1S/2C21H22ClN5O2S.C15H11ClN4.C7H15NO5S2/c2*1-12-6-20-15(8-19(12)24-2)17(16-9-25-10-18(23)21(16)22)11-27(20)14-5-4-13(7-14)26-30(3,28)29;1-8-3-14-9(4-13(8)18-2)10(6-20-14)11-5-19-7-12(17)15(11)16;1-14(9,10)8-6-3-4-7(5-6)13-15(2,11)12/h2*6,8-11,13-14,26H,4-5,7,23H2,1,3H3;3-7,20H,17H2,1H3;6-8H,3-5H2,1-2H3/t13-,14+;13-,14-;;6-,7-/m01.1/s1. The summed E-state index contributed by atoms with van der Waals surface area (Å²) in [5.74, 6) is 0. The molecule has 10 N–H and O–H groups in total. The lowest BCUT2D eigenvalue weighted by Gasteiger charge is -2.15. The molecule has 3 aliphatic carbocycles. The van der Waals surface area contributed by atoms with Crippen molar-refractivity contribution >= 4 is 142 Å². The average Bonchev–Trinajstić information content (AvgIpc) is 1.62. The number of fused-ring (bicyclic) bond motifs is 3. The number of rotatable bonds is 13.